The van der Waals surface area contributed by atoms with E-state index < -0.39 is 0 Å². The molecule has 23 heavy (non-hydrogen) atoms. The van der Waals surface area contributed by atoms with Crippen molar-refractivity contribution in [1.82, 2.24) is 14.8 Å². The van der Waals surface area contributed by atoms with E-state index >= 15 is 0 Å². The first-order chi connectivity index (χ1) is 11.0. The molecule has 1 amide bonds. The summed E-state index contributed by atoms with van der Waals surface area (Å²) in [5, 5.41) is 8.04. The lowest BCUT2D eigenvalue weighted by molar-refractivity contribution is -0.116. The second-order valence-electron chi connectivity index (χ2n) is 5.35. The van der Waals surface area contributed by atoms with Gasteiger partial charge in [0.05, 0.1) is 19.5 Å². The molecule has 7 heteroatoms. The van der Waals surface area contributed by atoms with Crippen molar-refractivity contribution < 1.29 is 4.79 Å². The second-order valence-corrected chi connectivity index (χ2v) is 7.46. The van der Waals surface area contributed by atoms with Gasteiger partial charge in [0.25, 0.3) is 0 Å². The Bertz CT molecular complexity index is 822. The molecule has 120 valence electrons. The molecule has 5 nitrogen and oxygen atoms in total. The third-order valence-electron chi connectivity index (χ3n) is 3.61. The lowest BCUT2D eigenvalue weighted by Crippen LogP contribution is -2.13. The van der Waals surface area contributed by atoms with Crippen molar-refractivity contribution in [2.45, 2.75) is 33.2 Å². The minimum atomic E-state index is 0.000263. The number of nitrogens with zero attached hydrogens (tertiary/aromatic N) is 3. The highest BCUT2D eigenvalue weighted by Gasteiger charge is 2.10. The van der Waals surface area contributed by atoms with E-state index in [1.807, 2.05) is 35.9 Å². The van der Waals surface area contributed by atoms with E-state index in [-0.39, 0.29) is 5.91 Å². The number of carbonyl (C=O) groups is 1. The highest BCUT2D eigenvalue weighted by molar-refractivity contribution is 14.1. The molecular formula is C16H17IN4OS. The normalized spacial score (nSPS) is 11.1. The van der Waals surface area contributed by atoms with Crippen molar-refractivity contribution in [2.75, 3.05) is 5.32 Å². The number of para-hydroxylation sites is 1. The minimum absolute atomic E-state index is 0.000263. The molecule has 3 rings (SSSR count). The summed E-state index contributed by atoms with van der Waals surface area (Å²) in [6, 6.07) is 7.88. The summed E-state index contributed by atoms with van der Waals surface area (Å²) in [6.07, 6.45) is 1.22. The Morgan fingerprint density at radius 2 is 2.13 bits per heavy atom. The van der Waals surface area contributed by atoms with Gasteiger partial charge in [-0.25, -0.2) is 4.98 Å². The van der Waals surface area contributed by atoms with Gasteiger partial charge in [-0.05, 0) is 55.0 Å². The number of hydrogen-bond acceptors (Lipinski definition) is 4. The monoisotopic (exact) mass is 440 g/mol. The average Bonchev–Trinajstić information content (AvgIpc) is 3.03. The SMILES string of the molecule is Cc1nn(CCCC(=O)Nc2nc3ccccc3s2)c(C)c1I. The highest BCUT2D eigenvalue weighted by Crippen LogP contribution is 2.25. The van der Waals surface area contributed by atoms with Gasteiger partial charge in [-0.3, -0.25) is 9.48 Å². The van der Waals surface area contributed by atoms with Crippen molar-refractivity contribution in [2.24, 2.45) is 0 Å². The molecule has 0 saturated carbocycles. The molecule has 2 aromatic heterocycles. The number of aromatic nitrogens is 3. The van der Waals surface area contributed by atoms with E-state index in [4.69, 9.17) is 0 Å². The standard InChI is InChI=1S/C16H17IN4OS/c1-10-15(17)11(2)21(20-10)9-5-8-14(22)19-16-18-12-6-3-4-7-13(12)23-16/h3-4,6-7H,5,8-9H2,1-2H3,(H,18,19,22). The number of halogens is 1. The number of anilines is 1. The largest absolute Gasteiger partial charge is 0.302 e. The molecule has 2 heterocycles. The molecule has 0 bridgehead atoms. The Hall–Kier alpha value is -1.48. The number of aryl methyl sites for hydroxylation is 2. The van der Waals surface area contributed by atoms with Gasteiger partial charge in [-0.15, -0.1) is 0 Å². The maximum absolute atomic E-state index is 12.1. The second kappa shape index (κ2) is 6.96. The predicted octanol–water partition coefficient (Wildman–Crippen LogP) is 4.13. The summed E-state index contributed by atoms with van der Waals surface area (Å²) in [4.78, 5) is 16.5. The van der Waals surface area contributed by atoms with Crippen LogP contribution in [0.1, 0.15) is 24.2 Å². The van der Waals surface area contributed by atoms with E-state index in [9.17, 15) is 4.79 Å². The van der Waals surface area contributed by atoms with Crippen LogP contribution in [0.25, 0.3) is 10.2 Å². The quantitative estimate of drug-likeness (QED) is 0.607. The lowest BCUT2D eigenvalue weighted by Gasteiger charge is -2.04. The molecule has 0 aliphatic heterocycles. The fraction of sp³-hybridized carbons (Fsp3) is 0.312. The van der Waals surface area contributed by atoms with Gasteiger partial charge >= 0.3 is 0 Å². The smallest absolute Gasteiger partial charge is 0.226 e. The molecule has 3 aromatic rings. The van der Waals surface area contributed by atoms with Gasteiger partial charge in [0.1, 0.15) is 0 Å². The first kappa shape index (κ1) is 16.4. The van der Waals surface area contributed by atoms with E-state index in [0.717, 1.165) is 34.6 Å². The molecule has 0 atom stereocenters. The fourth-order valence-corrected chi connectivity index (χ4v) is 3.66. The van der Waals surface area contributed by atoms with E-state index in [1.165, 1.54) is 14.9 Å². The number of rotatable bonds is 5. The summed E-state index contributed by atoms with van der Waals surface area (Å²) in [6.45, 7) is 4.82. The van der Waals surface area contributed by atoms with Crippen molar-refractivity contribution in [3.05, 3.63) is 39.2 Å². The number of thiazole rings is 1. The molecule has 0 fully saturated rings. The Morgan fingerprint density at radius 1 is 1.35 bits per heavy atom. The predicted molar refractivity (Wildman–Crippen MR) is 102 cm³/mol. The van der Waals surface area contributed by atoms with Crippen LogP contribution in [0.3, 0.4) is 0 Å². The van der Waals surface area contributed by atoms with Crippen LogP contribution in [0.5, 0.6) is 0 Å². The van der Waals surface area contributed by atoms with E-state index in [0.29, 0.717) is 11.6 Å². The number of hydrogen-bond donors (Lipinski definition) is 1. The van der Waals surface area contributed by atoms with Crippen LogP contribution in [0.2, 0.25) is 0 Å². The van der Waals surface area contributed by atoms with Crippen molar-refractivity contribution >= 4 is 55.2 Å². The van der Waals surface area contributed by atoms with Crippen molar-refractivity contribution in [3.63, 3.8) is 0 Å². The van der Waals surface area contributed by atoms with Crippen molar-refractivity contribution in [1.29, 1.82) is 0 Å². The molecule has 1 aromatic carbocycles. The van der Waals surface area contributed by atoms with Crippen LogP contribution >= 0.6 is 33.9 Å². The zero-order valence-electron chi connectivity index (χ0n) is 13.0. The molecular weight excluding hydrogens is 423 g/mol. The van der Waals surface area contributed by atoms with E-state index in [2.05, 4.69) is 44.9 Å². The zero-order chi connectivity index (χ0) is 16.4. The van der Waals surface area contributed by atoms with Crippen LogP contribution in [-0.4, -0.2) is 20.7 Å². The number of nitrogens with one attached hydrogen (secondary N) is 1. The fourth-order valence-electron chi connectivity index (χ4n) is 2.39. The lowest BCUT2D eigenvalue weighted by atomic mass is 10.3. The first-order valence-electron chi connectivity index (χ1n) is 7.39. The Kier molecular flexibility index (Phi) is 4.96. The first-order valence-corrected chi connectivity index (χ1v) is 9.29. The van der Waals surface area contributed by atoms with Gasteiger partial charge in [-0.2, -0.15) is 5.10 Å². The van der Waals surface area contributed by atoms with Gasteiger partial charge in [0, 0.05) is 18.7 Å². The Labute approximate surface area is 152 Å². The molecule has 0 unspecified atom stereocenters. The van der Waals surface area contributed by atoms with Gasteiger partial charge < -0.3 is 5.32 Å². The van der Waals surface area contributed by atoms with Gasteiger partial charge in [-0.1, -0.05) is 23.5 Å². The van der Waals surface area contributed by atoms with Crippen LogP contribution < -0.4 is 5.32 Å². The molecule has 1 N–H and O–H groups in total. The summed E-state index contributed by atoms with van der Waals surface area (Å²) in [5.74, 6) is 0.000263. The van der Waals surface area contributed by atoms with Gasteiger partial charge in [0.15, 0.2) is 5.13 Å². The summed E-state index contributed by atoms with van der Waals surface area (Å²) >= 11 is 3.81. The van der Waals surface area contributed by atoms with Gasteiger partial charge in [0.2, 0.25) is 5.91 Å². The Balaban J connectivity index is 1.54. The summed E-state index contributed by atoms with van der Waals surface area (Å²) in [7, 11) is 0. The average molecular weight is 440 g/mol. The number of fused-ring (bicyclic) bond motifs is 1. The number of benzene rings is 1. The number of carbonyl (C=O) groups excluding carboxylic acids is 1. The summed E-state index contributed by atoms with van der Waals surface area (Å²) in [5.41, 5.74) is 3.13. The molecule has 0 radical (unpaired) electrons. The molecule has 0 aliphatic rings. The third-order valence-corrected chi connectivity index (χ3v) is 6.12. The maximum atomic E-state index is 12.1. The van der Waals surface area contributed by atoms with Crippen LogP contribution in [0.4, 0.5) is 5.13 Å². The molecule has 0 aliphatic carbocycles. The number of amides is 1. The highest BCUT2D eigenvalue weighted by atomic mass is 127. The maximum Gasteiger partial charge on any atom is 0.226 e. The topological polar surface area (TPSA) is 59.8 Å². The minimum Gasteiger partial charge on any atom is -0.302 e. The van der Waals surface area contributed by atoms with Crippen LogP contribution in [0, 0.1) is 17.4 Å². The molecule has 0 saturated heterocycles. The summed E-state index contributed by atoms with van der Waals surface area (Å²) < 4.78 is 4.25. The zero-order valence-corrected chi connectivity index (χ0v) is 15.9. The van der Waals surface area contributed by atoms with Crippen LogP contribution in [0.15, 0.2) is 24.3 Å². The third kappa shape index (κ3) is 3.72. The van der Waals surface area contributed by atoms with Crippen LogP contribution in [-0.2, 0) is 11.3 Å². The molecule has 0 spiro atoms. The van der Waals surface area contributed by atoms with Crippen molar-refractivity contribution in [3.8, 4) is 0 Å². The van der Waals surface area contributed by atoms with E-state index in [1.54, 1.807) is 0 Å². The Morgan fingerprint density at radius 3 is 2.83 bits per heavy atom.